The van der Waals surface area contributed by atoms with Gasteiger partial charge in [0.25, 0.3) is 0 Å². The van der Waals surface area contributed by atoms with Gasteiger partial charge >= 0.3 is 6.18 Å². The number of nitrogens with zero attached hydrogens (tertiary/aromatic N) is 2. The fourth-order valence-electron chi connectivity index (χ4n) is 1.74. The predicted octanol–water partition coefficient (Wildman–Crippen LogP) is 2.87. The van der Waals surface area contributed by atoms with E-state index in [4.69, 9.17) is 5.84 Å². The van der Waals surface area contributed by atoms with Crippen LogP contribution >= 0.6 is 0 Å². The molecule has 0 radical (unpaired) electrons. The number of hydrazine groups is 1. The zero-order valence-electron chi connectivity index (χ0n) is 11.3. The summed E-state index contributed by atoms with van der Waals surface area (Å²) in [5.74, 6) is 5.78. The summed E-state index contributed by atoms with van der Waals surface area (Å²) in [6, 6.07) is 1.94. The van der Waals surface area contributed by atoms with Gasteiger partial charge in [0.15, 0.2) is 0 Å². The number of nitrogens with one attached hydrogen (secondary N) is 1. The Morgan fingerprint density at radius 3 is 2.42 bits per heavy atom. The van der Waals surface area contributed by atoms with Crippen LogP contribution in [0.15, 0.2) is 12.1 Å². The lowest BCUT2D eigenvalue weighted by atomic mass is 10.2. The molecule has 19 heavy (non-hydrogen) atoms. The van der Waals surface area contributed by atoms with Crippen molar-refractivity contribution in [3.8, 4) is 0 Å². The lowest BCUT2D eigenvalue weighted by Gasteiger charge is -2.25. The van der Waals surface area contributed by atoms with Crippen LogP contribution in [0.2, 0.25) is 0 Å². The zero-order valence-corrected chi connectivity index (χ0v) is 11.3. The second-order valence-electron chi connectivity index (χ2n) is 4.67. The molecule has 0 aromatic carbocycles. The number of hydrogen-bond donors (Lipinski definition) is 2. The minimum atomic E-state index is -4.42. The third kappa shape index (κ3) is 4.27. The number of halogens is 3. The van der Waals surface area contributed by atoms with E-state index in [-0.39, 0.29) is 11.6 Å². The van der Waals surface area contributed by atoms with E-state index in [1.165, 1.54) is 0 Å². The number of rotatable bonds is 5. The summed E-state index contributed by atoms with van der Waals surface area (Å²) in [7, 11) is 0. The van der Waals surface area contributed by atoms with Gasteiger partial charge in [-0.25, -0.2) is 10.8 Å². The number of alkyl halides is 3. The molecule has 0 aliphatic carbocycles. The molecule has 1 aromatic heterocycles. The Morgan fingerprint density at radius 1 is 1.37 bits per heavy atom. The first-order chi connectivity index (χ1) is 8.77. The minimum Gasteiger partial charge on any atom is -0.357 e. The van der Waals surface area contributed by atoms with Crippen molar-refractivity contribution >= 4 is 11.6 Å². The molecular weight excluding hydrogens is 257 g/mol. The smallest absolute Gasteiger partial charge is 0.357 e. The Morgan fingerprint density at radius 2 is 2.00 bits per heavy atom. The van der Waals surface area contributed by atoms with E-state index in [9.17, 15) is 13.2 Å². The average Bonchev–Trinajstić information content (AvgIpc) is 2.34. The molecule has 7 heteroatoms. The van der Waals surface area contributed by atoms with Crippen LogP contribution in [0.5, 0.6) is 0 Å². The number of pyridine rings is 1. The summed E-state index contributed by atoms with van der Waals surface area (Å²) in [4.78, 5) is 5.87. The number of nitrogens with two attached hydrogens (primary N) is 1. The van der Waals surface area contributed by atoms with Crippen LogP contribution in [0, 0.1) is 5.92 Å². The first-order valence-corrected chi connectivity index (χ1v) is 6.08. The first-order valence-electron chi connectivity index (χ1n) is 6.08. The molecule has 0 bridgehead atoms. The first kappa shape index (κ1) is 15.6. The zero-order chi connectivity index (χ0) is 14.6. The maximum atomic E-state index is 12.8. The van der Waals surface area contributed by atoms with E-state index in [1.54, 1.807) is 4.90 Å². The third-order valence-electron chi connectivity index (χ3n) is 2.58. The van der Waals surface area contributed by atoms with Crippen molar-refractivity contribution in [2.45, 2.75) is 26.9 Å². The maximum absolute atomic E-state index is 12.8. The van der Waals surface area contributed by atoms with Crippen LogP contribution in [0.3, 0.4) is 0 Å². The number of hydrogen-bond acceptors (Lipinski definition) is 4. The summed E-state index contributed by atoms with van der Waals surface area (Å²) in [6.45, 7) is 7.09. The highest BCUT2D eigenvalue weighted by Crippen LogP contribution is 2.32. The van der Waals surface area contributed by atoms with Gasteiger partial charge in [0.05, 0.1) is 5.56 Å². The van der Waals surface area contributed by atoms with E-state index in [0.29, 0.717) is 19.0 Å². The molecule has 1 aromatic rings. The van der Waals surface area contributed by atoms with Crippen molar-refractivity contribution in [1.82, 2.24) is 4.98 Å². The second kappa shape index (κ2) is 6.10. The monoisotopic (exact) mass is 276 g/mol. The molecule has 0 aliphatic heterocycles. The molecule has 0 spiro atoms. The molecule has 0 unspecified atom stereocenters. The third-order valence-corrected chi connectivity index (χ3v) is 2.58. The standard InChI is InChI=1S/C12H19F3N4/c1-4-19(7-8(2)3)11-6-9(12(13,14)15)5-10(17-11)18-16/h5-6,8H,4,7,16H2,1-3H3,(H,17,18). The largest absolute Gasteiger partial charge is 0.416 e. The molecule has 0 aliphatic rings. The summed E-state index contributed by atoms with van der Waals surface area (Å²) in [5, 5.41) is 0. The number of aromatic nitrogens is 1. The van der Waals surface area contributed by atoms with Gasteiger partial charge in [0.1, 0.15) is 11.6 Å². The Balaban J connectivity index is 3.18. The normalized spacial score (nSPS) is 11.8. The number of anilines is 2. The molecule has 108 valence electrons. The van der Waals surface area contributed by atoms with Gasteiger partial charge in [-0.3, -0.25) is 0 Å². The lowest BCUT2D eigenvalue weighted by Crippen LogP contribution is -2.29. The Hall–Kier alpha value is -1.50. The van der Waals surface area contributed by atoms with E-state index in [0.717, 1.165) is 12.1 Å². The van der Waals surface area contributed by atoms with Crippen LogP contribution in [-0.4, -0.2) is 18.1 Å². The van der Waals surface area contributed by atoms with Crippen molar-refractivity contribution in [1.29, 1.82) is 0 Å². The summed E-state index contributed by atoms with van der Waals surface area (Å²) >= 11 is 0. The Labute approximate surface area is 110 Å². The molecule has 0 amide bonds. The van der Waals surface area contributed by atoms with Gasteiger partial charge in [-0.2, -0.15) is 13.2 Å². The van der Waals surface area contributed by atoms with E-state index < -0.39 is 11.7 Å². The maximum Gasteiger partial charge on any atom is 0.416 e. The van der Waals surface area contributed by atoms with Gasteiger partial charge in [0, 0.05) is 13.1 Å². The molecule has 0 saturated heterocycles. The molecule has 0 saturated carbocycles. The van der Waals surface area contributed by atoms with Gasteiger partial charge < -0.3 is 10.3 Å². The van der Waals surface area contributed by atoms with Crippen LogP contribution in [0.25, 0.3) is 0 Å². The fourth-order valence-corrected chi connectivity index (χ4v) is 1.74. The highest BCUT2D eigenvalue weighted by Gasteiger charge is 2.32. The number of nitrogen functional groups attached to an aromatic ring is 1. The van der Waals surface area contributed by atoms with Gasteiger partial charge in [-0.1, -0.05) is 13.8 Å². The van der Waals surface area contributed by atoms with Crippen LogP contribution in [0.1, 0.15) is 26.3 Å². The van der Waals surface area contributed by atoms with E-state index in [1.807, 2.05) is 20.8 Å². The molecule has 4 nitrogen and oxygen atoms in total. The van der Waals surface area contributed by atoms with E-state index in [2.05, 4.69) is 10.4 Å². The van der Waals surface area contributed by atoms with Crippen LogP contribution in [0.4, 0.5) is 24.8 Å². The lowest BCUT2D eigenvalue weighted by molar-refractivity contribution is -0.137. The van der Waals surface area contributed by atoms with Crippen molar-refractivity contribution in [3.05, 3.63) is 17.7 Å². The quantitative estimate of drug-likeness (QED) is 0.641. The van der Waals surface area contributed by atoms with Crippen LogP contribution < -0.4 is 16.2 Å². The summed E-state index contributed by atoms with van der Waals surface area (Å²) in [6.07, 6.45) is -4.42. The van der Waals surface area contributed by atoms with Crippen molar-refractivity contribution in [2.24, 2.45) is 11.8 Å². The second-order valence-corrected chi connectivity index (χ2v) is 4.67. The molecule has 0 fully saturated rings. The highest BCUT2D eigenvalue weighted by atomic mass is 19.4. The van der Waals surface area contributed by atoms with Crippen molar-refractivity contribution in [2.75, 3.05) is 23.4 Å². The Bertz CT molecular complexity index is 418. The van der Waals surface area contributed by atoms with Crippen molar-refractivity contribution in [3.63, 3.8) is 0 Å². The molecule has 3 N–H and O–H groups in total. The Kier molecular flexibility index (Phi) is 4.99. The molecule has 0 atom stereocenters. The predicted molar refractivity (Wildman–Crippen MR) is 69.8 cm³/mol. The average molecular weight is 276 g/mol. The summed E-state index contributed by atoms with van der Waals surface area (Å²) < 4.78 is 38.4. The van der Waals surface area contributed by atoms with Gasteiger partial charge in [-0.05, 0) is 25.0 Å². The molecular formula is C12H19F3N4. The van der Waals surface area contributed by atoms with Gasteiger partial charge in [0.2, 0.25) is 0 Å². The van der Waals surface area contributed by atoms with E-state index >= 15 is 0 Å². The molecule has 1 rings (SSSR count). The van der Waals surface area contributed by atoms with Gasteiger partial charge in [-0.15, -0.1) is 0 Å². The highest BCUT2D eigenvalue weighted by molar-refractivity contribution is 5.50. The molecule has 1 heterocycles. The fraction of sp³-hybridized carbons (Fsp3) is 0.583. The summed E-state index contributed by atoms with van der Waals surface area (Å²) in [5.41, 5.74) is 1.42. The van der Waals surface area contributed by atoms with Crippen molar-refractivity contribution < 1.29 is 13.2 Å². The SMILES string of the molecule is CCN(CC(C)C)c1cc(C(F)(F)F)cc(NN)n1. The minimum absolute atomic E-state index is 0.00651. The van der Waals surface area contributed by atoms with Crippen LogP contribution in [-0.2, 0) is 6.18 Å². The topological polar surface area (TPSA) is 54.2 Å².